The zero-order chi connectivity index (χ0) is 41.4. The van der Waals surface area contributed by atoms with Crippen LogP contribution in [0.2, 0.25) is 0 Å². The van der Waals surface area contributed by atoms with Crippen LogP contribution in [0.25, 0.3) is 33.5 Å². The third-order valence-corrected chi connectivity index (χ3v) is 13.3. The van der Waals surface area contributed by atoms with E-state index in [2.05, 4.69) is 49.3 Å². The van der Waals surface area contributed by atoms with Gasteiger partial charge >= 0.3 is 0 Å². The van der Waals surface area contributed by atoms with Crippen LogP contribution in [-0.4, -0.2) is 136 Å². The molecule has 14 nitrogen and oxygen atoms in total. The van der Waals surface area contributed by atoms with E-state index in [4.69, 9.17) is 9.97 Å². The summed E-state index contributed by atoms with van der Waals surface area (Å²) in [6.07, 6.45) is 6.26. The second-order valence-corrected chi connectivity index (χ2v) is 17.2. The number of aromatic nitrogens is 3. The molecule has 2 aromatic heterocycles. The molecule has 0 saturated carbocycles. The van der Waals surface area contributed by atoms with Crippen LogP contribution in [0.1, 0.15) is 73.8 Å². The van der Waals surface area contributed by atoms with Crippen molar-refractivity contribution in [1.82, 2.24) is 39.9 Å². The van der Waals surface area contributed by atoms with Gasteiger partial charge in [0.25, 0.3) is 17.7 Å². The topological polar surface area (TPSA) is 155 Å². The van der Waals surface area contributed by atoms with E-state index in [-0.39, 0.29) is 24.7 Å². The minimum atomic E-state index is -0.961. The van der Waals surface area contributed by atoms with Crippen LogP contribution in [0.5, 0.6) is 0 Å². The standard InChI is InChI=1S/C46H47N9O5/c1-26-18-30(8-10-34(26)44(58)51(2)3)37-20-47-42-41(37)49-38(21-48-42)29-6-4-27(5-7-29)28-14-16-52(17-15-28)32-22-54(23-32)33-24-53(25-33)31-9-11-35-36(19-31)46(60)55(45(35)59)39-12-13-40(56)50-43(39)57/h4-11,18-21,28,32-33,39H,12-17,22-25H2,1-3H3,(H,47,48)(H,50,56,57). The average molecular weight is 806 g/mol. The molecule has 0 radical (unpaired) electrons. The van der Waals surface area contributed by atoms with E-state index in [0.29, 0.717) is 34.7 Å². The molecule has 5 amide bonds. The molecular formula is C46H47N9O5. The Labute approximate surface area is 347 Å². The summed E-state index contributed by atoms with van der Waals surface area (Å²) >= 11 is 0. The van der Waals surface area contributed by atoms with Gasteiger partial charge in [-0.25, -0.2) is 9.97 Å². The first-order chi connectivity index (χ1) is 29.0. The van der Waals surface area contributed by atoms with Gasteiger partial charge < -0.3 is 14.8 Å². The van der Waals surface area contributed by atoms with Crippen molar-refractivity contribution in [1.29, 1.82) is 0 Å². The smallest absolute Gasteiger partial charge is 0.262 e. The summed E-state index contributed by atoms with van der Waals surface area (Å²) in [6, 6.07) is 20.1. The van der Waals surface area contributed by atoms with Crippen LogP contribution >= 0.6 is 0 Å². The first kappa shape index (κ1) is 38.0. The van der Waals surface area contributed by atoms with Crippen molar-refractivity contribution in [3.05, 3.63) is 101 Å². The summed E-state index contributed by atoms with van der Waals surface area (Å²) in [7, 11) is 3.52. The number of likely N-dealkylation sites (tertiary alicyclic amines) is 2. The van der Waals surface area contributed by atoms with Gasteiger partial charge in [-0.3, -0.25) is 44.0 Å². The van der Waals surface area contributed by atoms with Gasteiger partial charge in [-0.2, -0.15) is 0 Å². The molecule has 5 aliphatic heterocycles. The lowest BCUT2D eigenvalue weighted by molar-refractivity contribution is -0.136. The molecule has 4 saturated heterocycles. The van der Waals surface area contributed by atoms with Gasteiger partial charge in [-0.1, -0.05) is 36.4 Å². The van der Waals surface area contributed by atoms with Crippen molar-refractivity contribution in [3.8, 4) is 22.4 Å². The normalized spacial score (nSPS) is 20.7. The molecule has 5 aliphatic rings. The largest absolute Gasteiger partial charge is 0.368 e. The minimum Gasteiger partial charge on any atom is -0.368 e. The molecule has 306 valence electrons. The van der Waals surface area contributed by atoms with Gasteiger partial charge in [0.1, 0.15) is 11.6 Å². The highest BCUT2D eigenvalue weighted by molar-refractivity contribution is 6.23. The first-order valence-electron chi connectivity index (χ1n) is 20.9. The SMILES string of the molecule is Cc1cc(-c2c[nH]c3ncc(-c4ccc(C5CCN(C6CN(C7CN(c8ccc9c(c8)C(=O)N(C8CCC(=O)NC8=O)C9=O)C7)C6)CC5)cc4)nc23)ccc1C(=O)N(C)C. The fraction of sp³-hybridized carbons (Fsp3) is 0.370. The van der Waals surface area contributed by atoms with E-state index in [1.165, 1.54) is 5.56 Å². The Morgan fingerprint density at radius 3 is 2.22 bits per heavy atom. The Hall–Kier alpha value is -6.25. The van der Waals surface area contributed by atoms with E-state index in [1.54, 1.807) is 31.1 Å². The molecule has 4 fully saturated rings. The number of aromatic amines is 1. The molecule has 0 spiro atoms. The molecule has 10 rings (SSSR count). The van der Waals surface area contributed by atoms with Gasteiger partial charge in [-0.05, 0) is 86.1 Å². The number of piperidine rings is 2. The summed E-state index contributed by atoms with van der Waals surface area (Å²) < 4.78 is 0. The maximum Gasteiger partial charge on any atom is 0.262 e. The number of amides is 5. The molecule has 5 aromatic rings. The summed E-state index contributed by atoms with van der Waals surface area (Å²) in [6.45, 7) is 7.98. The number of fused-ring (bicyclic) bond motifs is 2. The zero-order valence-electron chi connectivity index (χ0n) is 34.0. The third kappa shape index (κ3) is 6.54. The molecule has 7 heterocycles. The number of carbonyl (C=O) groups is 5. The molecule has 3 aromatic carbocycles. The van der Waals surface area contributed by atoms with Gasteiger partial charge in [-0.15, -0.1) is 0 Å². The summed E-state index contributed by atoms with van der Waals surface area (Å²) in [5.74, 6) is -1.43. The number of imide groups is 2. The van der Waals surface area contributed by atoms with Gasteiger partial charge in [0.2, 0.25) is 11.8 Å². The molecule has 1 atom stereocenters. The minimum absolute atomic E-state index is 0.0146. The Balaban J connectivity index is 0.709. The summed E-state index contributed by atoms with van der Waals surface area (Å²) in [5, 5.41) is 2.25. The molecule has 14 heteroatoms. The lowest BCUT2D eigenvalue weighted by atomic mass is 9.87. The van der Waals surface area contributed by atoms with E-state index in [9.17, 15) is 24.0 Å². The number of hydrogen-bond acceptors (Lipinski definition) is 10. The maximum absolute atomic E-state index is 13.3. The highest BCUT2D eigenvalue weighted by Gasteiger charge is 2.46. The monoisotopic (exact) mass is 805 g/mol. The van der Waals surface area contributed by atoms with E-state index >= 15 is 0 Å². The number of nitrogens with zero attached hydrogens (tertiary/aromatic N) is 7. The second kappa shape index (κ2) is 14.8. The fourth-order valence-corrected chi connectivity index (χ4v) is 9.66. The third-order valence-electron chi connectivity index (χ3n) is 13.3. The highest BCUT2D eigenvalue weighted by atomic mass is 16.2. The lowest BCUT2D eigenvalue weighted by Gasteiger charge is -2.55. The number of anilines is 1. The predicted molar refractivity (Wildman–Crippen MR) is 226 cm³/mol. The molecule has 60 heavy (non-hydrogen) atoms. The van der Waals surface area contributed by atoms with Crippen LogP contribution in [0.15, 0.2) is 73.1 Å². The number of aryl methyl sites for hydroxylation is 1. The Morgan fingerprint density at radius 2 is 1.50 bits per heavy atom. The Bertz CT molecular complexity index is 2580. The van der Waals surface area contributed by atoms with Crippen molar-refractivity contribution < 1.29 is 24.0 Å². The van der Waals surface area contributed by atoms with Crippen molar-refractivity contribution in [2.75, 3.05) is 58.3 Å². The summed E-state index contributed by atoms with van der Waals surface area (Å²) in [5.41, 5.74) is 9.82. The van der Waals surface area contributed by atoms with E-state index in [1.807, 2.05) is 43.6 Å². The van der Waals surface area contributed by atoms with E-state index < -0.39 is 23.8 Å². The molecule has 0 bridgehead atoms. The molecular weight excluding hydrogens is 759 g/mol. The van der Waals surface area contributed by atoms with Crippen LogP contribution in [-0.2, 0) is 9.59 Å². The van der Waals surface area contributed by atoms with Crippen LogP contribution in [0.4, 0.5) is 5.69 Å². The van der Waals surface area contributed by atoms with E-state index in [0.717, 1.165) is 102 Å². The molecule has 0 aliphatic carbocycles. The quantitative estimate of drug-likeness (QED) is 0.215. The van der Waals surface area contributed by atoms with Crippen LogP contribution in [0.3, 0.4) is 0 Å². The van der Waals surface area contributed by atoms with Gasteiger partial charge in [0, 0.05) is 87.4 Å². The Kier molecular flexibility index (Phi) is 9.36. The average Bonchev–Trinajstić information content (AvgIpc) is 3.75. The number of nitrogens with one attached hydrogen (secondary N) is 2. The molecule has 1 unspecified atom stereocenters. The first-order valence-corrected chi connectivity index (χ1v) is 20.9. The number of rotatable bonds is 8. The summed E-state index contributed by atoms with van der Waals surface area (Å²) in [4.78, 5) is 86.1. The molecule has 2 N–H and O–H groups in total. The van der Waals surface area contributed by atoms with Crippen molar-refractivity contribution in [2.45, 2.75) is 56.7 Å². The van der Waals surface area contributed by atoms with Crippen molar-refractivity contribution >= 4 is 46.4 Å². The predicted octanol–water partition coefficient (Wildman–Crippen LogP) is 4.46. The van der Waals surface area contributed by atoms with Crippen molar-refractivity contribution in [2.24, 2.45) is 0 Å². The number of hydrogen-bond donors (Lipinski definition) is 2. The zero-order valence-corrected chi connectivity index (χ0v) is 34.0. The van der Waals surface area contributed by atoms with Crippen molar-refractivity contribution in [3.63, 3.8) is 0 Å². The second-order valence-electron chi connectivity index (χ2n) is 17.2. The highest BCUT2D eigenvalue weighted by Crippen LogP contribution is 2.36. The number of benzene rings is 3. The lowest BCUT2D eigenvalue weighted by Crippen LogP contribution is -2.70. The maximum atomic E-state index is 13.3. The number of carbonyl (C=O) groups excluding carboxylic acids is 5. The van der Waals surface area contributed by atoms with Gasteiger partial charge in [0.05, 0.1) is 23.0 Å². The van der Waals surface area contributed by atoms with Crippen LogP contribution < -0.4 is 10.2 Å². The number of H-pyrrole nitrogens is 1. The van der Waals surface area contributed by atoms with Gasteiger partial charge in [0.15, 0.2) is 5.65 Å². The Morgan fingerprint density at radius 1 is 0.783 bits per heavy atom. The fourth-order valence-electron chi connectivity index (χ4n) is 9.66. The van der Waals surface area contributed by atoms with Crippen LogP contribution in [0, 0.1) is 6.92 Å².